The zero-order chi connectivity index (χ0) is 39.7. The summed E-state index contributed by atoms with van der Waals surface area (Å²) in [7, 11) is 0.437. The van der Waals surface area contributed by atoms with Crippen molar-refractivity contribution in [3.63, 3.8) is 0 Å². The molecule has 3 N–H and O–H groups in total. The van der Waals surface area contributed by atoms with Crippen molar-refractivity contribution in [1.29, 1.82) is 0 Å². The molecule has 7 aromatic heterocycles. The quantitative estimate of drug-likeness (QED) is 0.151. The van der Waals surface area contributed by atoms with Crippen molar-refractivity contribution in [2.45, 2.75) is 27.7 Å². The van der Waals surface area contributed by atoms with Crippen molar-refractivity contribution >= 4 is 220 Å². The van der Waals surface area contributed by atoms with Crippen molar-refractivity contribution < 1.29 is 9.90 Å². The molecule has 0 aliphatic rings. The molecule has 0 radical (unpaired) electrons. The van der Waals surface area contributed by atoms with Crippen molar-refractivity contribution in [3.05, 3.63) is 120 Å². The first kappa shape index (κ1) is 52.6. The number of carboxylic acids is 1. The van der Waals surface area contributed by atoms with Gasteiger partial charge in [0, 0.05) is 65.1 Å². The summed E-state index contributed by atoms with van der Waals surface area (Å²) in [6.45, 7) is 8.13. The van der Waals surface area contributed by atoms with E-state index in [1.165, 1.54) is 16.3 Å². The third-order valence-corrected chi connectivity index (χ3v) is 337. The van der Waals surface area contributed by atoms with Crippen LogP contribution in [0.15, 0.2) is 91.5 Å². The third kappa shape index (κ3) is 20.7. The summed E-state index contributed by atoms with van der Waals surface area (Å²) < 4.78 is 1.57. The molecular formula is C32H33I12N7O2. The van der Waals surface area contributed by atoms with Gasteiger partial charge in [-0.1, -0.05) is 6.07 Å². The number of H-pyrrole nitrogens is 2. The van der Waals surface area contributed by atoms with Crippen molar-refractivity contribution in [2.75, 3.05) is 0 Å². The number of aromatic carboxylic acids is 1. The number of nitrogens with zero attached hydrogens (tertiary/aromatic N) is 5. The number of nitrogens with one attached hydrogen (secondary N) is 2. The fraction of sp³-hybridized carbons (Fsp3) is 0.156. The van der Waals surface area contributed by atoms with Gasteiger partial charge in [0.2, 0.25) is 0 Å². The summed E-state index contributed by atoms with van der Waals surface area (Å²) in [6.07, 6.45) is 7.03. The first-order valence-electron chi connectivity index (χ1n) is 14.5. The monoisotopic (exact) mass is 2070 g/mol. The Balaban J connectivity index is 0.000000225. The van der Waals surface area contributed by atoms with Crippen LogP contribution in [-0.4, -0.2) is 45.5 Å². The molecule has 292 valence electrons. The number of aryl methyl sites for hydroxylation is 5. The van der Waals surface area contributed by atoms with E-state index in [0.717, 1.165) is 33.8 Å². The van der Waals surface area contributed by atoms with Crippen molar-refractivity contribution in [1.82, 2.24) is 34.5 Å². The molecule has 0 spiro atoms. The second kappa shape index (κ2) is 28.9. The number of rotatable bonds is 3. The summed E-state index contributed by atoms with van der Waals surface area (Å²) in [5.74, 6) is -0.930. The first-order chi connectivity index (χ1) is 25.0. The van der Waals surface area contributed by atoms with E-state index in [1.54, 1.807) is 42.3 Å². The van der Waals surface area contributed by atoms with Gasteiger partial charge in [0.05, 0.1) is 0 Å². The summed E-state index contributed by atoms with van der Waals surface area (Å²) in [6, 6.07) is 21.4. The fourth-order valence-electron chi connectivity index (χ4n) is 4.12. The zero-order valence-corrected chi connectivity index (χ0v) is 54.2. The van der Waals surface area contributed by atoms with Gasteiger partial charge in [-0.15, -0.1) is 0 Å². The van der Waals surface area contributed by atoms with E-state index in [1.807, 2.05) is 63.4 Å². The predicted octanol–water partition coefficient (Wildman–Crippen LogP) is 17.3. The number of aromatic nitrogens is 7. The van der Waals surface area contributed by atoms with Crippen LogP contribution >= 0.6 is 181 Å². The van der Waals surface area contributed by atoms with Crippen LogP contribution in [0.25, 0.3) is 33.1 Å². The van der Waals surface area contributed by atoms with Gasteiger partial charge in [-0.25, -0.2) is 19.7 Å². The van der Waals surface area contributed by atoms with Crippen molar-refractivity contribution in [3.8, 4) is 0 Å². The van der Waals surface area contributed by atoms with E-state index in [-0.39, 0.29) is 37.3 Å². The average Bonchev–Trinajstić information content (AvgIpc) is 3.80. The van der Waals surface area contributed by atoms with Gasteiger partial charge in [-0.05, 0) is 93.9 Å². The molecule has 9 nitrogen and oxygen atoms in total. The minimum absolute atomic E-state index is 0.258. The molecule has 7 aromatic rings. The number of fused-ring (bicyclic) bond motifs is 3. The maximum absolute atomic E-state index is 10.7. The Labute approximate surface area is 408 Å². The molecule has 53 heavy (non-hydrogen) atoms. The Morgan fingerprint density at radius 1 is 0.604 bits per heavy atom. The Morgan fingerprint density at radius 3 is 1.34 bits per heavy atom. The zero-order valence-electron chi connectivity index (χ0n) is 28.3. The molecule has 0 saturated carbocycles. The van der Waals surface area contributed by atoms with E-state index >= 15 is 0 Å². The molecule has 0 unspecified atom stereocenters. The molecule has 21 heteroatoms. The molecule has 0 amide bonds. The van der Waals surface area contributed by atoms with Crippen LogP contribution in [0.4, 0.5) is 0 Å². The number of carbonyl (C=O) groups is 1. The van der Waals surface area contributed by atoms with Crippen LogP contribution in [0.2, 0.25) is 0 Å². The van der Waals surface area contributed by atoms with Gasteiger partial charge in [-0.2, -0.15) is 0 Å². The number of pyridine rings is 4. The summed E-state index contributed by atoms with van der Waals surface area (Å²) in [4.78, 5) is 33.5. The Bertz CT molecular complexity index is 1960. The normalized spacial score (nSPS) is 11.1. The standard InChI is InChI=1S/C9H8N2O2.2C8H8N2.C7H9N.2I6/c1-11-7(9(12)13)5-6-3-2-4-10-8(6)11;2*1-6-5-7-3-2-4-9-8(7)10-6;1-6-4-3-5-8-7(6)2;2*1-5(2)6(3)4/h2-5H,1H3,(H,12,13);2*2-5H,1H3,(H,9,10);3-5H,1-2H3;;. The van der Waals surface area contributed by atoms with Crippen LogP contribution in [0, 0.1) is 27.7 Å². The van der Waals surface area contributed by atoms with Gasteiger partial charge >= 0.3 is 186 Å². The summed E-state index contributed by atoms with van der Waals surface area (Å²) in [5.41, 5.74) is 7.59. The second-order valence-electron chi connectivity index (χ2n) is 10.2. The molecule has 0 saturated heterocycles. The fourth-order valence-corrected chi connectivity index (χ4v) is 4.12. The molecule has 0 atom stereocenters. The number of carboxylic acid groups (broad SMARTS) is 1. The molecule has 7 rings (SSSR count). The van der Waals surface area contributed by atoms with Crippen LogP contribution < -0.4 is 0 Å². The molecule has 0 bridgehead atoms. The number of halogens is 12. The SMILES string of the molecule is Cc1cc2cccnc2[nH]1.Cc1cc2cccnc2[nH]1.Cc1cccnc1C.Cn1c(C(=O)O)cc2cccnc21.II(I)I(I)I.II(I)I(I)I. The number of aromatic amines is 2. The maximum atomic E-state index is 10.7. The Kier molecular flexibility index (Phi) is 28.7. The summed E-state index contributed by atoms with van der Waals surface area (Å²) in [5, 5.41) is 12.0. The van der Waals surface area contributed by atoms with Crippen LogP contribution in [-0.2, 0) is 7.05 Å². The number of hydrogen-bond acceptors (Lipinski definition) is 5. The van der Waals surface area contributed by atoms with Gasteiger partial charge in [-0.3, -0.25) is 4.98 Å². The van der Waals surface area contributed by atoms with Gasteiger partial charge in [0.25, 0.3) is 0 Å². The first-order valence-corrected chi connectivity index (χ1v) is 77.3. The van der Waals surface area contributed by atoms with Crippen LogP contribution in [0.5, 0.6) is 0 Å². The second-order valence-corrected chi connectivity index (χ2v) is 205. The molecule has 0 aliphatic carbocycles. The Morgan fingerprint density at radius 2 is 1.00 bits per heavy atom. The van der Waals surface area contributed by atoms with E-state index < -0.39 is 5.97 Å². The van der Waals surface area contributed by atoms with Crippen molar-refractivity contribution in [2.24, 2.45) is 7.05 Å². The number of hydrogen-bond donors (Lipinski definition) is 3. The van der Waals surface area contributed by atoms with Crippen LogP contribution in [0.3, 0.4) is 0 Å². The predicted molar refractivity (Wildman–Crippen MR) is 331 cm³/mol. The molecule has 0 aliphatic heterocycles. The van der Waals surface area contributed by atoms with E-state index in [9.17, 15) is 4.79 Å². The topological polar surface area (TPSA) is 125 Å². The molecule has 7 heterocycles. The third-order valence-electron chi connectivity index (χ3n) is 6.49. The van der Waals surface area contributed by atoms with Crippen LogP contribution in [0.1, 0.15) is 33.1 Å². The minimum atomic E-state index is -0.930. The van der Waals surface area contributed by atoms with E-state index in [0.29, 0.717) is 5.65 Å². The molecule has 0 fully saturated rings. The van der Waals surface area contributed by atoms with E-state index in [4.69, 9.17) is 5.11 Å². The van der Waals surface area contributed by atoms with E-state index in [2.05, 4.69) is 204 Å². The molecule has 0 aromatic carbocycles. The Hall–Kier alpha value is 3.45. The average molecular weight is 2070 g/mol. The van der Waals surface area contributed by atoms with Gasteiger partial charge < -0.3 is 19.6 Å². The summed E-state index contributed by atoms with van der Waals surface area (Å²) >= 11 is 21.0. The molecular weight excluding hydrogens is 2040 g/mol. The van der Waals surface area contributed by atoms with Gasteiger partial charge in [0.1, 0.15) is 22.6 Å². The van der Waals surface area contributed by atoms with Gasteiger partial charge in [0.15, 0.2) is 0 Å².